The van der Waals surface area contributed by atoms with Crippen LogP contribution in [0.4, 0.5) is 8.78 Å². The van der Waals surface area contributed by atoms with Crippen molar-refractivity contribution in [3.05, 3.63) is 59.8 Å². The molecule has 7 nitrogen and oxygen atoms in total. The van der Waals surface area contributed by atoms with E-state index >= 15 is 0 Å². The second-order valence-electron chi connectivity index (χ2n) is 6.24. The highest BCUT2D eigenvalue weighted by atomic mass is 19.1. The highest BCUT2D eigenvalue weighted by Crippen LogP contribution is 2.28. The molecule has 3 heterocycles. The Hall–Kier alpha value is -3.23. The largest absolute Gasteiger partial charge is 0.338 e. The lowest BCUT2D eigenvalue weighted by molar-refractivity contribution is 0.0693. The van der Waals surface area contributed by atoms with Gasteiger partial charge in [-0.05, 0) is 25.0 Å². The summed E-state index contributed by atoms with van der Waals surface area (Å²) in [6, 6.07) is 3.38. The normalized spacial score (nSPS) is 17.1. The van der Waals surface area contributed by atoms with Crippen LogP contribution >= 0.6 is 0 Å². The van der Waals surface area contributed by atoms with Crippen molar-refractivity contribution in [2.75, 3.05) is 13.1 Å². The maximum Gasteiger partial charge on any atom is 0.278 e. The van der Waals surface area contributed by atoms with Crippen LogP contribution in [0.5, 0.6) is 0 Å². The first-order chi connectivity index (χ1) is 13.1. The smallest absolute Gasteiger partial charge is 0.278 e. The Kier molecular flexibility index (Phi) is 4.57. The van der Waals surface area contributed by atoms with E-state index in [0.29, 0.717) is 24.5 Å². The molecule has 0 radical (unpaired) electrons. The maximum atomic E-state index is 13.9. The zero-order valence-corrected chi connectivity index (χ0v) is 14.2. The predicted molar refractivity (Wildman–Crippen MR) is 89.6 cm³/mol. The molecule has 1 aromatic carbocycles. The molecule has 0 aliphatic carbocycles. The van der Waals surface area contributed by atoms with Crippen LogP contribution in [0, 0.1) is 11.6 Å². The summed E-state index contributed by atoms with van der Waals surface area (Å²) < 4.78 is 33.1. The van der Waals surface area contributed by atoms with Crippen LogP contribution in [0.1, 0.15) is 34.9 Å². The monoisotopic (exact) mass is 371 g/mol. The molecule has 0 unspecified atom stereocenters. The summed E-state index contributed by atoms with van der Waals surface area (Å²) in [5, 5.41) is 3.98. The van der Waals surface area contributed by atoms with E-state index < -0.39 is 23.1 Å². The number of rotatable bonds is 3. The van der Waals surface area contributed by atoms with E-state index in [0.717, 1.165) is 18.6 Å². The summed E-state index contributed by atoms with van der Waals surface area (Å²) in [7, 11) is 0. The zero-order valence-electron chi connectivity index (χ0n) is 14.2. The number of carbonyl (C=O) groups excluding carboxylic acids is 1. The summed E-state index contributed by atoms with van der Waals surface area (Å²) in [5.74, 6) is -1.93. The summed E-state index contributed by atoms with van der Waals surface area (Å²) >= 11 is 0. The van der Waals surface area contributed by atoms with Gasteiger partial charge in [0.1, 0.15) is 22.9 Å². The van der Waals surface area contributed by atoms with Crippen LogP contribution in [0.2, 0.25) is 0 Å². The van der Waals surface area contributed by atoms with Gasteiger partial charge in [0.2, 0.25) is 0 Å². The Morgan fingerprint density at radius 1 is 1.22 bits per heavy atom. The Morgan fingerprint density at radius 2 is 2.04 bits per heavy atom. The van der Waals surface area contributed by atoms with Crippen molar-refractivity contribution in [1.29, 1.82) is 0 Å². The van der Waals surface area contributed by atoms with Crippen molar-refractivity contribution in [3.8, 4) is 11.6 Å². The molecule has 1 fully saturated rings. The first kappa shape index (κ1) is 17.2. The molecule has 1 aliphatic heterocycles. The van der Waals surface area contributed by atoms with E-state index in [4.69, 9.17) is 4.52 Å². The molecule has 1 aliphatic rings. The van der Waals surface area contributed by atoms with Crippen LogP contribution in [0.25, 0.3) is 11.6 Å². The van der Waals surface area contributed by atoms with Gasteiger partial charge in [0.15, 0.2) is 5.82 Å². The van der Waals surface area contributed by atoms with Gasteiger partial charge in [0.05, 0.1) is 6.20 Å². The quantitative estimate of drug-likeness (QED) is 0.704. The molecule has 138 valence electrons. The van der Waals surface area contributed by atoms with Gasteiger partial charge in [-0.25, -0.2) is 13.8 Å². The minimum absolute atomic E-state index is 0.188. The number of nitrogens with zero attached hydrogens (tertiary/aromatic N) is 5. The molecule has 27 heavy (non-hydrogen) atoms. The molecule has 2 aromatic heterocycles. The fourth-order valence-electron chi connectivity index (χ4n) is 3.15. The number of aromatic nitrogens is 4. The van der Waals surface area contributed by atoms with Crippen LogP contribution < -0.4 is 0 Å². The molecule has 1 amide bonds. The standard InChI is InChI=1S/C18H15F2N5O2/c19-12-4-1-5-13(20)15(12)18(26)25-8-2-3-11(10-25)16-23-17(27-24-16)14-9-21-6-7-22-14/h1,4-7,9,11H,2-3,8,10H2/t11-/m1/s1. The number of hydrogen-bond donors (Lipinski definition) is 0. The van der Waals surface area contributed by atoms with E-state index in [1.165, 1.54) is 29.6 Å². The van der Waals surface area contributed by atoms with Gasteiger partial charge in [0.25, 0.3) is 11.8 Å². The third-order valence-corrected chi connectivity index (χ3v) is 4.47. The molecule has 0 bridgehead atoms. The van der Waals surface area contributed by atoms with Gasteiger partial charge in [-0.2, -0.15) is 4.98 Å². The average molecular weight is 371 g/mol. The third-order valence-electron chi connectivity index (χ3n) is 4.47. The first-order valence-corrected chi connectivity index (χ1v) is 8.47. The minimum Gasteiger partial charge on any atom is -0.338 e. The van der Waals surface area contributed by atoms with Crippen molar-refractivity contribution < 1.29 is 18.1 Å². The van der Waals surface area contributed by atoms with Crippen LogP contribution in [0.15, 0.2) is 41.3 Å². The molecule has 0 spiro atoms. The number of hydrogen-bond acceptors (Lipinski definition) is 6. The molecule has 0 N–H and O–H groups in total. The summed E-state index contributed by atoms with van der Waals surface area (Å²) in [6.45, 7) is 0.671. The lowest BCUT2D eigenvalue weighted by Crippen LogP contribution is -2.40. The fourth-order valence-corrected chi connectivity index (χ4v) is 3.15. The van der Waals surface area contributed by atoms with Crippen molar-refractivity contribution in [1.82, 2.24) is 25.0 Å². The molecular weight excluding hydrogens is 356 g/mol. The third kappa shape index (κ3) is 3.40. The van der Waals surface area contributed by atoms with E-state index in [-0.39, 0.29) is 18.4 Å². The van der Waals surface area contributed by atoms with Crippen molar-refractivity contribution in [2.24, 2.45) is 0 Å². The minimum atomic E-state index is -0.869. The molecule has 9 heteroatoms. The van der Waals surface area contributed by atoms with Crippen LogP contribution in [0.3, 0.4) is 0 Å². The highest BCUT2D eigenvalue weighted by Gasteiger charge is 2.31. The first-order valence-electron chi connectivity index (χ1n) is 8.47. The molecule has 1 atom stereocenters. The second-order valence-corrected chi connectivity index (χ2v) is 6.24. The number of halogens is 2. The average Bonchev–Trinajstić information content (AvgIpc) is 3.19. The Balaban J connectivity index is 1.54. The lowest BCUT2D eigenvalue weighted by Gasteiger charge is -2.31. The topological polar surface area (TPSA) is 85.0 Å². The second kappa shape index (κ2) is 7.18. The van der Waals surface area contributed by atoms with Crippen molar-refractivity contribution >= 4 is 5.91 Å². The predicted octanol–water partition coefficient (Wildman–Crippen LogP) is 2.82. The highest BCUT2D eigenvalue weighted by molar-refractivity contribution is 5.94. The molecule has 1 saturated heterocycles. The van der Waals surface area contributed by atoms with E-state index in [2.05, 4.69) is 20.1 Å². The zero-order chi connectivity index (χ0) is 18.8. The number of carbonyl (C=O) groups is 1. The van der Waals surface area contributed by atoms with Gasteiger partial charge in [0, 0.05) is 31.4 Å². The van der Waals surface area contributed by atoms with Gasteiger partial charge < -0.3 is 9.42 Å². The lowest BCUT2D eigenvalue weighted by atomic mass is 9.96. The summed E-state index contributed by atoms with van der Waals surface area (Å²) in [5.41, 5.74) is -0.0834. The Labute approximate surface area is 153 Å². The number of piperidine rings is 1. The van der Waals surface area contributed by atoms with E-state index in [1.54, 1.807) is 0 Å². The van der Waals surface area contributed by atoms with Gasteiger partial charge in [-0.1, -0.05) is 11.2 Å². The maximum absolute atomic E-state index is 13.9. The van der Waals surface area contributed by atoms with Crippen molar-refractivity contribution in [2.45, 2.75) is 18.8 Å². The van der Waals surface area contributed by atoms with E-state index in [1.807, 2.05) is 0 Å². The summed E-state index contributed by atoms with van der Waals surface area (Å²) in [6.07, 6.45) is 5.97. The van der Waals surface area contributed by atoms with Crippen molar-refractivity contribution in [3.63, 3.8) is 0 Å². The molecule has 0 saturated carbocycles. The number of amides is 1. The SMILES string of the molecule is O=C(c1c(F)cccc1F)N1CCC[C@@H](c2noc(-c3cnccn3)n2)C1. The summed E-state index contributed by atoms with van der Waals surface area (Å²) in [4.78, 5) is 26.4. The molecule has 4 rings (SSSR count). The number of likely N-dealkylation sites (tertiary alicyclic amines) is 1. The van der Waals surface area contributed by atoms with Crippen LogP contribution in [-0.2, 0) is 0 Å². The van der Waals surface area contributed by atoms with Gasteiger partial charge in [-0.15, -0.1) is 0 Å². The number of benzene rings is 1. The fraction of sp³-hybridized carbons (Fsp3) is 0.278. The van der Waals surface area contributed by atoms with E-state index in [9.17, 15) is 13.6 Å². The van der Waals surface area contributed by atoms with Crippen LogP contribution in [-0.4, -0.2) is 44.0 Å². The Morgan fingerprint density at radius 3 is 2.78 bits per heavy atom. The van der Waals surface area contributed by atoms with Gasteiger partial charge >= 0.3 is 0 Å². The van der Waals surface area contributed by atoms with Gasteiger partial charge in [-0.3, -0.25) is 9.78 Å². The molecule has 3 aromatic rings. The molecular formula is C18H15F2N5O2. The Bertz CT molecular complexity index is 943.